The Balaban J connectivity index is 2.11. The lowest BCUT2D eigenvalue weighted by molar-refractivity contribution is 0.185. The summed E-state index contributed by atoms with van der Waals surface area (Å²) in [6.07, 6.45) is 1.07. The predicted octanol–water partition coefficient (Wildman–Crippen LogP) is 2.26. The van der Waals surface area contributed by atoms with Crippen LogP contribution in [-0.2, 0) is 11.3 Å². The molecule has 1 aromatic rings. The number of thiophene rings is 1. The molecule has 74 valence electrons. The Morgan fingerprint density at radius 2 is 2.46 bits per heavy atom. The fourth-order valence-electron chi connectivity index (χ4n) is 1.08. The van der Waals surface area contributed by atoms with Crippen molar-refractivity contribution < 1.29 is 4.74 Å². The van der Waals surface area contributed by atoms with Crippen LogP contribution in [0.3, 0.4) is 0 Å². The van der Waals surface area contributed by atoms with Gasteiger partial charge in [0.15, 0.2) is 0 Å². The quantitative estimate of drug-likeness (QED) is 0.759. The van der Waals surface area contributed by atoms with Crippen LogP contribution in [0.2, 0.25) is 0 Å². The van der Waals surface area contributed by atoms with E-state index in [1.165, 1.54) is 4.88 Å². The third-order valence-electron chi connectivity index (χ3n) is 1.96. The zero-order valence-electron chi connectivity index (χ0n) is 8.25. The summed E-state index contributed by atoms with van der Waals surface area (Å²) in [6, 6.07) is 4.77. The average molecular weight is 199 g/mol. The summed E-state index contributed by atoms with van der Waals surface area (Å²) in [6.45, 7) is 3.99. The smallest absolute Gasteiger partial charge is 0.0476 e. The van der Waals surface area contributed by atoms with Crippen LogP contribution in [0.25, 0.3) is 0 Å². The van der Waals surface area contributed by atoms with Crippen molar-refractivity contribution in [2.24, 2.45) is 0 Å². The normalized spacial score (nSPS) is 13.1. The first-order chi connectivity index (χ1) is 6.33. The molecule has 0 spiro atoms. The number of rotatable bonds is 6. The van der Waals surface area contributed by atoms with Crippen molar-refractivity contribution in [3.63, 3.8) is 0 Å². The van der Waals surface area contributed by atoms with E-state index in [1.807, 2.05) is 0 Å². The first kappa shape index (κ1) is 10.7. The van der Waals surface area contributed by atoms with Crippen LogP contribution in [0.5, 0.6) is 0 Å². The maximum absolute atomic E-state index is 5.01. The molecule has 0 amide bonds. The van der Waals surface area contributed by atoms with E-state index in [-0.39, 0.29) is 0 Å². The summed E-state index contributed by atoms with van der Waals surface area (Å²) >= 11 is 1.79. The average Bonchev–Trinajstić information content (AvgIpc) is 2.64. The highest BCUT2D eigenvalue weighted by atomic mass is 32.1. The number of hydrogen-bond acceptors (Lipinski definition) is 3. The molecule has 0 aromatic carbocycles. The van der Waals surface area contributed by atoms with Crippen LogP contribution in [0, 0.1) is 0 Å². The molecule has 0 aliphatic heterocycles. The minimum Gasteiger partial charge on any atom is -0.385 e. The fourth-order valence-corrected chi connectivity index (χ4v) is 1.74. The van der Waals surface area contributed by atoms with Crippen LogP contribution in [0.15, 0.2) is 17.5 Å². The molecule has 2 nitrogen and oxygen atoms in total. The first-order valence-corrected chi connectivity index (χ1v) is 5.45. The van der Waals surface area contributed by atoms with Crippen LogP contribution >= 0.6 is 11.3 Å². The van der Waals surface area contributed by atoms with Crippen molar-refractivity contribution in [3.8, 4) is 0 Å². The summed E-state index contributed by atoms with van der Waals surface area (Å²) in [7, 11) is 1.74. The molecular formula is C10H17NOS. The molecule has 0 bridgehead atoms. The molecule has 0 saturated heterocycles. The van der Waals surface area contributed by atoms with Gasteiger partial charge in [0.1, 0.15) is 0 Å². The summed E-state index contributed by atoms with van der Waals surface area (Å²) in [5.74, 6) is 0. The highest BCUT2D eigenvalue weighted by Crippen LogP contribution is 2.08. The third-order valence-corrected chi connectivity index (χ3v) is 2.84. The number of hydrogen-bond donors (Lipinski definition) is 1. The van der Waals surface area contributed by atoms with Gasteiger partial charge < -0.3 is 10.1 Å². The summed E-state index contributed by atoms with van der Waals surface area (Å²) < 4.78 is 5.01. The molecule has 1 aromatic heterocycles. The number of nitrogens with one attached hydrogen (secondary N) is 1. The van der Waals surface area contributed by atoms with Gasteiger partial charge in [-0.25, -0.2) is 0 Å². The molecule has 1 unspecified atom stereocenters. The van der Waals surface area contributed by atoms with Crippen LogP contribution < -0.4 is 5.32 Å². The summed E-state index contributed by atoms with van der Waals surface area (Å²) in [5, 5.41) is 5.56. The number of methoxy groups -OCH3 is 1. The second-order valence-corrected chi connectivity index (χ2v) is 4.18. The molecule has 13 heavy (non-hydrogen) atoms. The molecule has 1 N–H and O–H groups in total. The highest BCUT2D eigenvalue weighted by molar-refractivity contribution is 7.09. The second kappa shape index (κ2) is 6.13. The molecule has 3 heteroatoms. The Kier molecular flexibility index (Phi) is 5.05. The topological polar surface area (TPSA) is 21.3 Å². The predicted molar refractivity (Wildman–Crippen MR) is 57.1 cm³/mol. The van der Waals surface area contributed by atoms with E-state index in [4.69, 9.17) is 4.74 Å². The second-order valence-electron chi connectivity index (χ2n) is 3.14. The van der Waals surface area contributed by atoms with Crippen molar-refractivity contribution in [3.05, 3.63) is 22.4 Å². The first-order valence-electron chi connectivity index (χ1n) is 4.57. The third kappa shape index (κ3) is 4.41. The van der Waals surface area contributed by atoms with Gasteiger partial charge in [0, 0.05) is 31.2 Å². The van der Waals surface area contributed by atoms with Gasteiger partial charge in [0.2, 0.25) is 0 Å². The van der Waals surface area contributed by atoms with E-state index in [0.29, 0.717) is 6.04 Å². The summed E-state index contributed by atoms with van der Waals surface area (Å²) in [5.41, 5.74) is 0. The Morgan fingerprint density at radius 3 is 3.08 bits per heavy atom. The lowest BCUT2D eigenvalue weighted by atomic mass is 10.2. The number of ether oxygens (including phenoxy) is 1. The minimum atomic E-state index is 0.530. The zero-order chi connectivity index (χ0) is 9.52. The molecule has 1 heterocycles. The molecule has 0 fully saturated rings. The van der Waals surface area contributed by atoms with Crippen molar-refractivity contribution in [1.29, 1.82) is 0 Å². The van der Waals surface area contributed by atoms with Gasteiger partial charge in [-0.05, 0) is 24.8 Å². The maximum atomic E-state index is 5.01. The van der Waals surface area contributed by atoms with E-state index >= 15 is 0 Å². The van der Waals surface area contributed by atoms with Gasteiger partial charge >= 0.3 is 0 Å². The molecule has 0 aliphatic rings. The highest BCUT2D eigenvalue weighted by Gasteiger charge is 2.00. The fraction of sp³-hybridized carbons (Fsp3) is 0.600. The Labute approximate surface area is 83.9 Å². The van der Waals surface area contributed by atoms with Crippen LogP contribution in [-0.4, -0.2) is 19.8 Å². The van der Waals surface area contributed by atoms with Crippen molar-refractivity contribution in [2.75, 3.05) is 13.7 Å². The lowest BCUT2D eigenvalue weighted by Crippen LogP contribution is -2.26. The standard InChI is InChI=1S/C10H17NOS/c1-9(5-6-12-2)11-8-10-4-3-7-13-10/h3-4,7,9,11H,5-6,8H2,1-2H3. The van der Waals surface area contributed by atoms with Gasteiger partial charge in [-0.15, -0.1) is 11.3 Å². The minimum absolute atomic E-state index is 0.530. The monoisotopic (exact) mass is 199 g/mol. The van der Waals surface area contributed by atoms with Gasteiger partial charge in [-0.2, -0.15) is 0 Å². The van der Waals surface area contributed by atoms with Crippen LogP contribution in [0.4, 0.5) is 0 Å². The molecule has 0 saturated carbocycles. The van der Waals surface area contributed by atoms with Crippen molar-refractivity contribution in [1.82, 2.24) is 5.32 Å². The molecular weight excluding hydrogens is 182 g/mol. The van der Waals surface area contributed by atoms with Crippen molar-refractivity contribution in [2.45, 2.75) is 25.9 Å². The van der Waals surface area contributed by atoms with Crippen LogP contribution in [0.1, 0.15) is 18.2 Å². The van der Waals surface area contributed by atoms with E-state index in [9.17, 15) is 0 Å². The largest absolute Gasteiger partial charge is 0.385 e. The van der Waals surface area contributed by atoms with E-state index in [2.05, 4.69) is 29.8 Å². The zero-order valence-corrected chi connectivity index (χ0v) is 9.06. The molecule has 0 radical (unpaired) electrons. The van der Waals surface area contributed by atoms with Crippen molar-refractivity contribution >= 4 is 11.3 Å². The Bertz CT molecular complexity index is 211. The van der Waals surface area contributed by atoms with Gasteiger partial charge in [-0.3, -0.25) is 0 Å². The van der Waals surface area contributed by atoms with E-state index in [0.717, 1.165) is 19.6 Å². The van der Waals surface area contributed by atoms with Gasteiger partial charge in [-0.1, -0.05) is 6.07 Å². The SMILES string of the molecule is COCCC(C)NCc1cccs1. The lowest BCUT2D eigenvalue weighted by Gasteiger charge is -2.11. The Morgan fingerprint density at radius 1 is 1.62 bits per heavy atom. The molecule has 1 atom stereocenters. The van der Waals surface area contributed by atoms with E-state index in [1.54, 1.807) is 18.4 Å². The molecule has 0 aliphatic carbocycles. The maximum Gasteiger partial charge on any atom is 0.0476 e. The summed E-state index contributed by atoms with van der Waals surface area (Å²) in [4.78, 5) is 1.39. The molecule has 1 rings (SSSR count). The van der Waals surface area contributed by atoms with Gasteiger partial charge in [0.25, 0.3) is 0 Å². The van der Waals surface area contributed by atoms with Gasteiger partial charge in [0.05, 0.1) is 0 Å². The Hall–Kier alpha value is -0.380. The van der Waals surface area contributed by atoms with E-state index < -0.39 is 0 Å².